The van der Waals surface area contributed by atoms with E-state index in [9.17, 15) is 14.7 Å². The molecule has 0 aliphatic rings. The predicted molar refractivity (Wildman–Crippen MR) is 141 cm³/mol. The Morgan fingerprint density at radius 1 is 0.784 bits per heavy atom. The highest BCUT2D eigenvalue weighted by Crippen LogP contribution is 2.14. The number of aryl methyl sites for hydroxylation is 2. The van der Waals surface area contributed by atoms with E-state index in [4.69, 9.17) is 20.3 Å². The Labute approximate surface area is 215 Å². The Morgan fingerprint density at radius 3 is 1.73 bits per heavy atom. The zero-order valence-corrected chi connectivity index (χ0v) is 21.3. The van der Waals surface area contributed by atoms with Gasteiger partial charge in [0, 0.05) is 24.4 Å². The van der Waals surface area contributed by atoms with Crippen molar-refractivity contribution in [3.8, 4) is 23.0 Å². The van der Waals surface area contributed by atoms with Gasteiger partial charge in [-0.3, -0.25) is 4.79 Å². The van der Waals surface area contributed by atoms with E-state index in [-0.39, 0.29) is 17.1 Å². The van der Waals surface area contributed by atoms with Crippen molar-refractivity contribution < 1.29 is 24.1 Å². The van der Waals surface area contributed by atoms with Gasteiger partial charge in [0.25, 0.3) is 5.56 Å². The van der Waals surface area contributed by atoms with Gasteiger partial charge >= 0.3 is 5.63 Å². The van der Waals surface area contributed by atoms with Crippen molar-refractivity contribution in [2.75, 3.05) is 14.2 Å². The van der Waals surface area contributed by atoms with Gasteiger partial charge in [0.05, 0.1) is 26.8 Å². The fraction of sp³-hybridized carbons (Fsp3) is 0.214. The van der Waals surface area contributed by atoms with Crippen LogP contribution in [0.1, 0.15) is 22.6 Å². The standard InChI is InChI=1S/C14H15NO3.C8H11NO.C6H6O3/c1-10-7-12(16)8-14(17)15(10)9-11-3-5-13(18-2)6-4-11;1-10-8-4-2-7(6-9)3-5-8;1-4-2-5(7)3-6(8)9-4/h3-8,16H,9H2,1-2H3;2-5H,6,9H2,1H3;2-3,7H,1H3. The molecule has 0 spiro atoms. The second-order valence-corrected chi connectivity index (χ2v) is 7.92. The molecule has 0 aliphatic heterocycles. The van der Waals surface area contributed by atoms with Crippen LogP contribution < -0.4 is 26.4 Å². The number of ether oxygens (including phenoxy) is 2. The Bertz CT molecular complexity index is 1330. The van der Waals surface area contributed by atoms with E-state index in [1.807, 2.05) is 48.5 Å². The smallest absolute Gasteiger partial charge is 0.339 e. The number of hydrogen-bond acceptors (Lipinski definition) is 8. The van der Waals surface area contributed by atoms with E-state index >= 15 is 0 Å². The maximum Gasteiger partial charge on any atom is 0.339 e. The third-order valence-electron chi connectivity index (χ3n) is 5.09. The third kappa shape index (κ3) is 9.58. The molecule has 0 radical (unpaired) electrons. The number of benzene rings is 2. The summed E-state index contributed by atoms with van der Waals surface area (Å²) in [5, 5.41) is 18.1. The summed E-state index contributed by atoms with van der Waals surface area (Å²) in [4.78, 5) is 22.2. The summed E-state index contributed by atoms with van der Waals surface area (Å²) in [5.74, 6) is 2.03. The highest BCUT2D eigenvalue weighted by atomic mass is 16.5. The molecule has 0 aliphatic carbocycles. The van der Waals surface area contributed by atoms with Gasteiger partial charge in [-0.2, -0.15) is 0 Å². The van der Waals surface area contributed by atoms with E-state index in [0.717, 1.165) is 34.4 Å². The molecule has 0 atom stereocenters. The topological polar surface area (TPSA) is 137 Å². The fourth-order valence-corrected chi connectivity index (χ4v) is 3.18. The van der Waals surface area contributed by atoms with Crippen molar-refractivity contribution in [2.45, 2.75) is 26.9 Å². The van der Waals surface area contributed by atoms with Crippen molar-refractivity contribution in [1.29, 1.82) is 0 Å². The zero-order chi connectivity index (χ0) is 27.4. The van der Waals surface area contributed by atoms with Crippen LogP contribution in [-0.4, -0.2) is 29.0 Å². The van der Waals surface area contributed by atoms with Crippen molar-refractivity contribution in [1.82, 2.24) is 4.57 Å². The van der Waals surface area contributed by atoms with Gasteiger partial charge in [0.2, 0.25) is 0 Å². The van der Waals surface area contributed by atoms with Crippen LogP contribution in [0.2, 0.25) is 0 Å². The van der Waals surface area contributed by atoms with Gasteiger partial charge in [-0.25, -0.2) is 4.79 Å². The van der Waals surface area contributed by atoms with Crippen LogP contribution in [-0.2, 0) is 13.1 Å². The lowest BCUT2D eigenvalue weighted by Crippen LogP contribution is -2.21. The number of aromatic nitrogens is 1. The minimum absolute atomic E-state index is 0.00322. The summed E-state index contributed by atoms with van der Waals surface area (Å²) in [6.45, 7) is 4.46. The molecule has 196 valence electrons. The highest BCUT2D eigenvalue weighted by molar-refractivity contribution is 5.29. The summed E-state index contributed by atoms with van der Waals surface area (Å²) in [7, 11) is 3.26. The number of nitrogens with two attached hydrogens (primary N) is 1. The Morgan fingerprint density at radius 2 is 1.30 bits per heavy atom. The molecule has 0 saturated carbocycles. The molecule has 0 amide bonds. The van der Waals surface area contributed by atoms with Crippen LogP contribution in [0.3, 0.4) is 0 Å². The van der Waals surface area contributed by atoms with Crippen LogP contribution >= 0.6 is 0 Å². The van der Waals surface area contributed by atoms with Crippen molar-refractivity contribution in [3.63, 3.8) is 0 Å². The second-order valence-electron chi connectivity index (χ2n) is 7.92. The first kappa shape index (κ1) is 28.7. The van der Waals surface area contributed by atoms with E-state index in [1.54, 1.807) is 38.7 Å². The molecule has 2 aromatic heterocycles. The van der Waals surface area contributed by atoms with Crippen LogP contribution in [0.4, 0.5) is 0 Å². The highest BCUT2D eigenvalue weighted by Gasteiger charge is 2.04. The van der Waals surface area contributed by atoms with Crippen molar-refractivity contribution in [2.24, 2.45) is 5.73 Å². The Hall–Kier alpha value is -4.50. The molecule has 37 heavy (non-hydrogen) atoms. The van der Waals surface area contributed by atoms with Crippen LogP contribution in [0.15, 0.2) is 86.8 Å². The predicted octanol–water partition coefficient (Wildman–Crippen LogP) is 3.73. The molecule has 0 fully saturated rings. The first-order chi connectivity index (χ1) is 17.6. The lowest BCUT2D eigenvalue weighted by atomic mass is 10.2. The molecule has 4 N–H and O–H groups in total. The minimum atomic E-state index is -0.521. The lowest BCUT2D eigenvalue weighted by Gasteiger charge is -2.10. The largest absolute Gasteiger partial charge is 0.508 e. The fourth-order valence-electron chi connectivity index (χ4n) is 3.18. The molecule has 0 bridgehead atoms. The number of nitrogens with zero attached hydrogens (tertiary/aromatic N) is 1. The van der Waals surface area contributed by atoms with Gasteiger partial charge < -0.3 is 34.4 Å². The van der Waals surface area contributed by atoms with Crippen LogP contribution in [0.25, 0.3) is 0 Å². The molecule has 9 heteroatoms. The van der Waals surface area contributed by atoms with E-state index in [2.05, 4.69) is 4.42 Å². The molecule has 2 heterocycles. The summed E-state index contributed by atoms with van der Waals surface area (Å²) in [5.41, 5.74) is 7.54. The summed E-state index contributed by atoms with van der Waals surface area (Å²) < 4.78 is 16.2. The molecule has 9 nitrogen and oxygen atoms in total. The summed E-state index contributed by atoms with van der Waals surface area (Å²) in [6.07, 6.45) is 0. The van der Waals surface area contributed by atoms with Gasteiger partial charge in [0.15, 0.2) is 0 Å². The van der Waals surface area contributed by atoms with Gasteiger partial charge in [0.1, 0.15) is 28.8 Å². The molecule has 4 aromatic rings. The number of methoxy groups -OCH3 is 2. The molecule has 0 unspecified atom stereocenters. The van der Waals surface area contributed by atoms with Gasteiger partial charge in [-0.15, -0.1) is 0 Å². The maximum atomic E-state index is 11.8. The van der Waals surface area contributed by atoms with Crippen molar-refractivity contribution in [3.05, 3.63) is 116 Å². The summed E-state index contributed by atoms with van der Waals surface area (Å²) >= 11 is 0. The van der Waals surface area contributed by atoms with E-state index in [0.29, 0.717) is 18.8 Å². The SMILES string of the molecule is COc1ccc(CN)cc1.COc1ccc(Cn2c(C)cc(O)cc2=O)cc1.Cc1cc(O)cc(=O)o1. The number of hydrogen-bond donors (Lipinski definition) is 3. The number of rotatable bonds is 5. The van der Waals surface area contributed by atoms with E-state index < -0.39 is 5.63 Å². The Balaban J connectivity index is 0.000000214. The number of pyridine rings is 1. The first-order valence-electron chi connectivity index (χ1n) is 11.3. The van der Waals surface area contributed by atoms with Crippen LogP contribution in [0, 0.1) is 13.8 Å². The van der Waals surface area contributed by atoms with Crippen molar-refractivity contribution >= 4 is 0 Å². The Kier molecular flexibility index (Phi) is 11.0. The van der Waals surface area contributed by atoms with Crippen LogP contribution in [0.5, 0.6) is 23.0 Å². The molecule has 4 rings (SSSR count). The third-order valence-corrected chi connectivity index (χ3v) is 5.09. The first-order valence-corrected chi connectivity index (χ1v) is 11.3. The molecule has 0 saturated heterocycles. The van der Waals surface area contributed by atoms with E-state index in [1.165, 1.54) is 12.1 Å². The minimum Gasteiger partial charge on any atom is -0.508 e. The van der Waals surface area contributed by atoms with Gasteiger partial charge in [-0.05, 0) is 55.3 Å². The monoisotopic (exact) mass is 508 g/mol. The van der Waals surface area contributed by atoms with Gasteiger partial charge in [-0.1, -0.05) is 24.3 Å². The quantitative estimate of drug-likeness (QED) is 0.371. The average molecular weight is 509 g/mol. The molecular weight excluding hydrogens is 476 g/mol. The summed E-state index contributed by atoms with van der Waals surface area (Å²) in [6, 6.07) is 20.5. The lowest BCUT2D eigenvalue weighted by molar-refractivity contribution is 0.414. The second kappa shape index (κ2) is 14.2. The maximum absolute atomic E-state index is 11.8. The molecular formula is C28H32N2O7. The normalized spacial score (nSPS) is 9.86. The zero-order valence-electron chi connectivity index (χ0n) is 21.3. The molecule has 2 aromatic carbocycles. The average Bonchev–Trinajstić information content (AvgIpc) is 2.86. The number of aromatic hydroxyl groups is 2.